The first-order chi connectivity index (χ1) is 7.20. The first-order valence-electron chi connectivity index (χ1n) is 5.79. The van der Waals surface area contributed by atoms with Gasteiger partial charge in [-0.3, -0.25) is 9.59 Å². The zero-order valence-electron chi connectivity index (χ0n) is 9.88. The van der Waals surface area contributed by atoms with Crippen LogP contribution in [0.2, 0.25) is 0 Å². The number of hydrogen-bond acceptors (Lipinski definition) is 3. The van der Waals surface area contributed by atoms with Gasteiger partial charge in [-0.1, -0.05) is 32.6 Å². The molecule has 0 bridgehead atoms. The lowest BCUT2D eigenvalue weighted by molar-refractivity contribution is -0.141. The van der Waals surface area contributed by atoms with E-state index in [0.717, 1.165) is 12.8 Å². The molecule has 0 aliphatic carbocycles. The van der Waals surface area contributed by atoms with Crippen molar-refractivity contribution in [2.75, 3.05) is 7.11 Å². The Kier molecular flexibility index (Phi) is 9.13. The molecule has 0 aromatic carbocycles. The van der Waals surface area contributed by atoms with Gasteiger partial charge in [-0.15, -0.1) is 0 Å². The lowest BCUT2D eigenvalue weighted by Crippen LogP contribution is -2.05. The maximum absolute atomic E-state index is 11.3. The molecule has 0 spiro atoms. The zero-order valence-corrected chi connectivity index (χ0v) is 9.88. The van der Waals surface area contributed by atoms with Crippen molar-refractivity contribution in [2.45, 2.75) is 58.3 Å². The summed E-state index contributed by atoms with van der Waals surface area (Å²) in [6.45, 7) is 2.17. The van der Waals surface area contributed by atoms with Crippen LogP contribution >= 0.6 is 0 Å². The number of ketones is 1. The van der Waals surface area contributed by atoms with E-state index in [4.69, 9.17) is 0 Å². The van der Waals surface area contributed by atoms with Crippen molar-refractivity contribution < 1.29 is 14.3 Å². The molecule has 0 aromatic heterocycles. The van der Waals surface area contributed by atoms with Crippen LogP contribution in [0.5, 0.6) is 0 Å². The molecule has 0 aromatic rings. The van der Waals surface area contributed by atoms with Gasteiger partial charge in [0.25, 0.3) is 0 Å². The van der Waals surface area contributed by atoms with Crippen LogP contribution in [0.25, 0.3) is 0 Å². The van der Waals surface area contributed by atoms with Crippen molar-refractivity contribution in [3.05, 3.63) is 0 Å². The highest BCUT2D eigenvalue weighted by Gasteiger charge is 2.06. The van der Waals surface area contributed by atoms with E-state index >= 15 is 0 Å². The zero-order chi connectivity index (χ0) is 11.5. The van der Waals surface area contributed by atoms with Crippen LogP contribution in [-0.4, -0.2) is 18.9 Å². The molecule has 0 fully saturated rings. The number of rotatable bonds is 9. The second-order valence-corrected chi connectivity index (χ2v) is 3.78. The van der Waals surface area contributed by atoms with Crippen molar-refractivity contribution in [3.8, 4) is 0 Å². The summed E-state index contributed by atoms with van der Waals surface area (Å²) in [5.74, 6) is -0.119. The molecule has 0 rings (SSSR count). The maximum atomic E-state index is 11.3. The quantitative estimate of drug-likeness (QED) is 0.438. The highest BCUT2D eigenvalue weighted by molar-refractivity contribution is 5.82. The van der Waals surface area contributed by atoms with E-state index in [2.05, 4.69) is 11.7 Å². The average Bonchev–Trinajstić information content (AvgIpc) is 2.25. The lowest BCUT2D eigenvalue weighted by atomic mass is 10.1. The van der Waals surface area contributed by atoms with E-state index < -0.39 is 0 Å². The number of hydrogen-bond donors (Lipinski definition) is 0. The number of methoxy groups -OCH3 is 1. The first-order valence-corrected chi connectivity index (χ1v) is 5.79. The summed E-state index contributed by atoms with van der Waals surface area (Å²) in [6, 6.07) is 0. The van der Waals surface area contributed by atoms with E-state index in [0.29, 0.717) is 12.8 Å². The molecule has 0 atom stereocenters. The van der Waals surface area contributed by atoms with Crippen LogP contribution < -0.4 is 0 Å². The molecule has 0 heterocycles. The van der Waals surface area contributed by atoms with Crippen LogP contribution in [-0.2, 0) is 14.3 Å². The van der Waals surface area contributed by atoms with Crippen molar-refractivity contribution >= 4 is 11.8 Å². The molecule has 15 heavy (non-hydrogen) atoms. The van der Waals surface area contributed by atoms with Gasteiger partial charge in [0.15, 0.2) is 0 Å². The summed E-state index contributed by atoms with van der Waals surface area (Å²) in [5, 5.41) is 0. The number of ether oxygens (including phenoxy) is 1. The second kappa shape index (κ2) is 9.69. The minimum Gasteiger partial charge on any atom is -0.469 e. The van der Waals surface area contributed by atoms with E-state index in [9.17, 15) is 9.59 Å². The van der Waals surface area contributed by atoms with Crippen molar-refractivity contribution in [2.24, 2.45) is 0 Å². The molecular weight excluding hydrogens is 192 g/mol. The SMILES string of the molecule is CCCCCCCC(=O)CCC(=O)OC. The summed E-state index contributed by atoms with van der Waals surface area (Å²) in [5.41, 5.74) is 0. The van der Waals surface area contributed by atoms with Gasteiger partial charge in [-0.25, -0.2) is 0 Å². The third-order valence-electron chi connectivity index (χ3n) is 2.39. The second-order valence-electron chi connectivity index (χ2n) is 3.78. The molecule has 0 aliphatic rings. The van der Waals surface area contributed by atoms with Gasteiger partial charge in [0.1, 0.15) is 5.78 Å². The molecule has 0 amide bonds. The summed E-state index contributed by atoms with van der Waals surface area (Å²) in [4.78, 5) is 22.0. The predicted octanol–water partition coefficient (Wildman–Crippen LogP) is 2.87. The first kappa shape index (κ1) is 14.1. The molecule has 0 N–H and O–H groups in total. The Hall–Kier alpha value is -0.860. The maximum Gasteiger partial charge on any atom is 0.305 e. The average molecular weight is 214 g/mol. The van der Waals surface area contributed by atoms with Crippen LogP contribution in [0.3, 0.4) is 0 Å². The number of esters is 1. The summed E-state index contributed by atoms with van der Waals surface area (Å²) < 4.78 is 4.47. The standard InChI is InChI=1S/C12H22O3/c1-3-4-5-6-7-8-11(13)9-10-12(14)15-2/h3-10H2,1-2H3. The fourth-order valence-corrected chi connectivity index (χ4v) is 1.39. The largest absolute Gasteiger partial charge is 0.469 e. The highest BCUT2D eigenvalue weighted by Crippen LogP contribution is 2.07. The van der Waals surface area contributed by atoms with Crippen LogP contribution in [0, 0.1) is 0 Å². The number of carbonyl (C=O) groups is 2. The molecule has 0 saturated carbocycles. The third-order valence-corrected chi connectivity index (χ3v) is 2.39. The molecule has 0 unspecified atom stereocenters. The molecule has 3 heteroatoms. The smallest absolute Gasteiger partial charge is 0.305 e. The molecule has 88 valence electrons. The third kappa shape index (κ3) is 9.44. The van der Waals surface area contributed by atoms with Gasteiger partial charge >= 0.3 is 5.97 Å². The van der Waals surface area contributed by atoms with Crippen molar-refractivity contribution in [1.82, 2.24) is 0 Å². The normalized spacial score (nSPS) is 10.0. The van der Waals surface area contributed by atoms with Gasteiger partial charge in [0, 0.05) is 12.8 Å². The van der Waals surface area contributed by atoms with E-state index in [1.165, 1.54) is 26.4 Å². The lowest BCUT2D eigenvalue weighted by Gasteiger charge is -2.00. The van der Waals surface area contributed by atoms with Gasteiger partial charge in [0.05, 0.1) is 13.5 Å². The predicted molar refractivity (Wildman–Crippen MR) is 59.6 cm³/mol. The Balaban J connectivity index is 3.30. The minimum atomic E-state index is -0.297. The fraction of sp³-hybridized carbons (Fsp3) is 0.833. The Bertz CT molecular complexity index is 187. The molecule has 0 radical (unpaired) electrons. The molecule has 0 aliphatic heterocycles. The summed E-state index contributed by atoms with van der Waals surface area (Å²) >= 11 is 0. The van der Waals surface area contributed by atoms with E-state index in [1.807, 2.05) is 0 Å². The minimum absolute atomic E-state index is 0.178. The van der Waals surface area contributed by atoms with Crippen LogP contribution in [0.1, 0.15) is 58.3 Å². The molecular formula is C12H22O3. The van der Waals surface area contributed by atoms with Crippen LogP contribution in [0.4, 0.5) is 0 Å². The summed E-state index contributed by atoms with van der Waals surface area (Å²) in [7, 11) is 1.34. The Morgan fingerprint density at radius 2 is 1.60 bits per heavy atom. The summed E-state index contributed by atoms with van der Waals surface area (Å²) in [6.07, 6.45) is 6.93. The van der Waals surface area contributed by atoms with Crippen LogP contribution in [0.15, 0.2) is 0 Å². The number of unbranched alkanes of at least 4 members (excludes halogenated alkanes) is 4. The van der Waals surface area contributed by atoms with Gasteiger partial charge in [0.2, 0.25) is 0 Å². The molecule has 3 nitrogen and oxygen atoms in total. The monoisotopic (exact) mass is 214 g/mol. The molecule has 0 saturated heterocycles. The highest BCUT2D eigenvalue weighted by atomic mass is 16.5. The Labute approximate surface area is 92.2 Å². The van der Waals surface area contributed by atoms with Gasteiger partial charge < -0.3 is 4.74 Å². The van der Waals surface area contributed by atoms with E-state index in [-0.39, 0.29) is 18.2 Å². The number of Topliss-reactive ketones (excluding diaryl/α,β-unsaturated/α-hetero) is 1. The van der Waals surface area contributed by atoms with E-state index in [1.54, 1.807) is 0 Å². The Morgan fingerprint density at radius 3 is 2.20 bits per heavy atom. The van der Waals surface area contributed by atoms with Crippen molar-refractivity contribution in [3.63, 3.8) is 0 Å². The van der Waals surface area contributed by atoms with Crippen molar-refractivity contribution in [1.29, 1.82) is 0 Å². The Morgan fingerprint density at radius 1 is 0.933 bits per heavy atom. The van der Waals surface area contributed by atoms with Gasteiger partial charge in [-0.2, -0.15) is 0 Å². The van der Waals surface area contributed by atoms with Gasteiger partial charge in [-0.05, 0) is 6.42 Å². The fourth-order valence-electron chi connectivity index (χ4n) is 1.39. The number of carbonyl (C=O) groups excluding carboxylic acids is 2. The topological polar surface area (TPSA) is 43.4 Å².